The Balaban J connectivity index is 2.18. The number of hydrogen-bond acceptors (Lipinski definition) is 2. The smallest absolute Gasteiger partial charge is 0.165 e. The molecule has 1 aliphatic rings. The van der Waals surface area contributed by atoms with Crippen molar-refractivity contribution in [3.8, 4) is 0 Å². The highest BCUT2D eigenvalue weighted by atomic mass is 16.3. The van der Waals surface area contributed by atoms with E-state index in [4.69, 9.17) is 0 Å². The van der Waals surface area contributed by atoms with E-state index in [0.717, 1.165) is 11.1 Å². The molecule has 1 saturated carbocycles. The van der Waals surface area contributed by atoms with Gasteiger partial charge in [-0.2, -0.15) is 0 Å². The third-order valence-electron chi connectivity index (χ3n) is 4.36. The Bertz CT molecular complexity index is 575. The van der Waals surface area contributed by atoms with Gasteiger partial charge in [0.05, 0.1) is 0 Å². The second kappa shape index (κ2) is 4.57. The number of carbonyl (C=O) groups is 1. The summed E-state index contributed by atoms with van der Waals surface area (Å²) in [6, 6.07) is 20.0. The number of benzene rings is 2. The maximum Gasteiger partial charge on any atom is 0.165 e. The van der Waals surface area contributed by atoms with Crippen LogP contribution in [0.3, 0.4) is 0 Å². The molecule has 1 N–H and O–H groups in total. The van der Waals surface area contributed by atoms with Crippen molar-refractivity contribution < 1.29 is 9.90 Å². The standard InChI is InChI=1S/C18H18O2/c1-17(20)13-18(12-16(17)19,14-8-4-2-5-9-14)15-10-6-3-7-11-15/h2-11,20H,12-13H2,1H3/t17-/m0/s1. The van der Waals surface area contributed by atoms with Gasteiger partial charge in [0.25, 0.3) is 0 Å². The lowest BCUT2D eigenvalue weighted by Crippen LogP contribution is -2.31. The molecule has 1 aliphatic carbocycles. The summed E-state index contributed by atoms with van der Waals surface area (Å²) in [7, 11) is 0. The normalized spacial score (nSPS) is 24.8. The van der Waals surface area contributed by atoms with E-state index in [0.29, 0.717) is 12.8 Å². The molecule has 20 heavy (non-hydrogen) atoms. The van der Waals surface area contributed by atoms with E-state index in [1.165, 1.54) is 0 Å². The van der Waals surface area contributed by atoms with Crippen molar-refractivity contribution in [1.29, 1.82) is 0 Å². The molecule has 0 aromatic heterocycles. The Morgan fingerprint density at radius 2 is 1.35 bits per heavy atom. The molecule has 0 bridgehead atoms. The maximum absolute atomic E-state index is 12.2. The van der Waals surface area contributed by atoms with Gasteiger partial charge in [0.15, 0.2) is 5.78 Å². The first-order valence-electron chi connectivity index (χ1n) is 6.91. The first-order valence-corrected chi connectivity index (χ1v) is 6.91. The van der Waals surface area contributed by atoms with Crippen molar-refractivity contribution in [3.05, 3.63) is 71.8 Å². The highest BCUT2D eigenvalue weighted by molar-refractivity contribution is 5.91. The van der Waals surface area contributed by atoms with Crippen molar-refractivity contribution >= 4 is 5.78 Å². The average Bonchev–Trinajstić information content (AvgIpc) is 2.72. The van der Waals surface area contributed by atoms with Gasteiger partial charge < -0.3 is 5.11 Å². The predicted molar refractivity (Wildman–Crippen MR) is 78.5 cm³/mol. The van der Waals surface area contributed by atoms with E-state index in [9.17, 15) is 9.90 Å². The molecule has 1 fully saturated rings. The molecule has 1 atom stereocenters. The molecule has 2 heteroatoms. The second-order valence-corrected chi connectivity index (χ2v) is 5.86. The maximum atomic E-state index is 12.2. The van der Waals surface area contributed by atoms with Crippen LogP contribution in [0.4, 0.5) is 0 Å². The van der Waals surface area contributed by atoms with Gasteiger partial charge in [-0.05, 0) is 24.5 Å². The molecule has 3 rings (SSSR count). The largest absolute Gasteiger partial charge is 0.382 e. The minimum Gasteiger partial charge on any atom is -0.382 e. The fourth-order valence-corrected chi connectivity index (χ4v) is 3.30. The van der Waals surface area contributed by atoms with Gasteiger partial charge in [-0.25, -0.2) is 0 Å². The van der Waals surface area contributed by atoms with Gasteiger partial charge in [0.1, 0.15) is 5.60 Å². The zero-order chi connectivity index (χ0) is 14.2. The van der Waals surface area contributed by atoms with E-state index in [1.807, 2.05) is 60.7 Å². The van der Waals surface area contributed by atoms with Crippen LogP contribution < -0.4 is 0 Å². The minimum absolute atomic E-state index is 0.0785. The summed E-state index contributed by atoms with van der Waals surface area (Å²) in [6.07, 6.45) is 0.793. The predicted octanol–water partition coefficient (Wildman–Crippen LogP) is 3.09. The van der Waals surface area contributed by atoms with E-state index in [2.05, 4.69) is 0 Å². The van der Waals surface area contributed by atoms with Crippen molar-refractivity contribution in [2.75, 3.05) is 0 Å². The Kier molecular flexibility index (Phi) is 2.98. The van der Waals surface area contributed by atoms with Crippen LogP contribution in [0.1, 0.15) is 30.9 Å². The van der Waals surface area contributed by atoms with E-state index in [1.54, 1.807) is 6.92 Å². The molecule has 0 radical (unpaired) electrons. The Hall–Kier alpha value is -1.93. The fraction of sp³-hybridized carbons (Fsp3) is 0.278. The van der Waals surface area contributed by atoms with Gasteiger partial charge in [0.2, 0.25) is 0 Å². The molecule has 0 aliphatic heterocycles. The van der Waals surface area contributed by atoms with Crippen LogP contribution in [0.5, 0.6) is 0 Å². The number of hydrogen-bond donors (Lipinski definition) is 1. The molecule has 102 valence electrons. The summed E-state index contributed by atoms with van der Waals surface area (Å²) in [4.78, 5) is 12.2. The summed E-state index contributed by atoms with van der Waals surface area (Å²) in [5.41, 5.74) is 0.532. The average molecular weight is 266 g/mol. The lowest BCUT2D eigenvalue weighted by Gasteiger charge is -2.31. The Morgan fingerprint density at radius 1 is 0.900 bits per heavy atom. The first kappa shape index (κ1) is 13.1. The summed E-state index contributed by atoms with van der Waals surface area (Å²) in [6.45, 7) is 1.63. The number of carbonyl (C=O) groups excluding carboxylic acids is 1. The van der Waals surface area contributed by atoms with E-state index < -0.39 is 11.0 Å². The quantitative estimate of drug-likeness (QED) is 0.907. The zero-order valence-corrected chi connectivity index (χ0v) is 11.5. The van der Waals surface area contributed by atoms with E-state index in [-0.39, 0.29) is 5.78 Å². The van der Waals surface area contributed by atoms with Crippen molar-refractivity contribution in [1.82, 2.24) is 0 Å². The van der Waals surface area contributed by atoms with Crippen molar-refractivity contribution in [3.63, 3.8) is 0 Å². The van der Waals surface area contributed by atoms with Crippen LogP contribution in [0.15, 0.2) is 60.7 Å². The number of Topliss-reactive ketones (excluding diaryl/α,β-unsaturated/α-hetero) is 1. The first-order chi connectivity index (χ1) is 9.55. The molecule has 0 heterocycles. The highest BCUT2D eigenvalue weighted by Gasteiger charge is 2.52. The van der Waals surface area contributed by atoms with Crippen LogP contribution >= 0.6 is 0 Å². The molecule has 0 amide bonds. The van der Waals surface area contributed by atoms with Crippen LogP contribution in [0.2, 0.25) is 0 Å². The third kappa shape index (κ3) is 1.97. The Labute approximate surface area is 119 Å². The zero-order valence-electron chi connectivity index (χ0n) is 11.5. The van der Waals surface area contributed by atoms with Gasteiger partial charge in [-0.3, -0.25) is 4.79 Å². The van der Waals surface area contributed by atoms with Crippen LogP contribution in [0, 0.1) is 0 Å². The minimum atomic E-state index is -1.24. The van der Waals surface area contributed by atoms with E-state index >= 15 is 0 Å². The van der Waals surface area contributed by atoms with Gasteiger partial charge in [-0.15, -0.1) is 0 Å². The molecule has 2 aromatic rings. The second-order valence-electron chi connectivity index (χ2n) is 5.86. The molecule has 2 nitrogen and oxygen atoms in total. The van der Waals surface area contributed by atoms with Gasteiger partial charge in [-0.1, -0.05) is 60.7 Å². The summed E-state index contributed by atoms with van der Waals surface area (Å²) in [5, 5.41) is 10.4. The Morgan fingerprint density at radius 3 is 1.70 bits per heavy atom. The highest BCUT2D eigenvalue weighted by Crippen LogP contribution is 2.48. The molecule has 0 spiro atoms. The molecule has 0 unspecified atom stereocenters. The van der Waals surface area contributed by atoms with Crippen molar-refractivity contribution in [2.45, 2.75) is 30.8 Å². The SMILES string of the molecule is C[C@]1(O)CC(c2ccccc2)(c2ccccc2)CC1=O. The van der Waals surface area contributed by atoms with Crippen LogP contribution in [0.25, 0.3) is 0 Å². The van der Waals surface area contributed by atoms with Crippen molar-refractivity contribution in [2.24, 2.45) is 0 Å². The number of ketones is 1. The van der Waals surface area contributed by atoms with Gasteiger partial charge >= 0.3 is 0 Å². The molecular weight excluding hydrogens is 248 g/mol. The number of aliphatic hydroxyl groups is 1. The monoisotopic (exact) mass is 266 g/mol. The summed E-state index contributed by atoms with van der Waals surface area (Å²) < 4.78 is 0. The summed E-state index contributed by atoms with van der Waals surface area (Å²) >= 11 is 0. The van der Waals surface area contributed by atoms with Gasteiger partial charge in [0, 0.05) is 11.8 Å². The lowest BCUT2D eigenvalue weighted by molar-refractivity contribution is -0.131. The third-order valence-corrected chi connectivity index (χ3v) is 4.36. The number of rotatable bonds is 2. The summed E-state index contributed by atoms with van der Waals surface area (Å²) in [5.74, 6) is -0.0785. The van der Waals surface area contributed by atoms with Crippen LogP contribution in [-0.2, 0) is 10.2 Å². The topological polar surface area (TPSA) is 37.3 Å². The molecule has 2 aromatic carbocycles. The molecule has 0 saturated heterocycles. The van der Waals surface area contributed by atoms with Crippen LogP contribution in [-0.4, -0.2) is 16.5 Å². The lowest BCUT2D eigenvalue weighted by atomic mass is 9.72. The fourth-order valence-electron chi connectivity index (χ4n) is 3.30. The molecular formula is C18H18O2.